The van der Waals surface area contributed by atoms with Gasteiger partial charge in [0.15, 0.2) is 0 Å². The van der Waals surface area contributed by atoms with E-state index in [1.807, 2.05) is 30.0 Å². The Morgan fingerprint density at radius 3 is 2.41 bits per heavy atom. The molecule has 0 aliphatic carbocycles. The second-order valence-corrected chi connectivity index (χ2v) is 10.3. The van der Waals surface area contributed by atoms with Crippen LogP contribution in [-0.2, 0) is 16.0 Å². The van der Waals surface area contributed by atoms with E-state index in [9.17, 15) is 14.4 Å². The van der Waals surface area contributed by atoms with E-state index in [1.165, 1.54) is 5.56 Å². The summed E-state index contributed by atoms with van der Waals surface area (Å²) in [6.07, 6.45) is 9.28. The Bertz CT molecular complexity index is 830. The number of thioether (sulfide) groups is 1. The van der Waals surface area contributed by atoms with Crippen molar-refractivity contribution in [3.8, 4) is 0 Å². The molecular weight excluding hydrogens is 448 g/mol. The number of hydrogen-bond donors (Lipinski definition) is 4. The van der Waals surface area contributed by atoms with Crippen LogP contribution in [0, 0.1) is 0 Å². The van der Waals surface area contributed by atoms with Gasteiger partial charge in [0.2, 0.25) is 11.8 Å². The van der Waals surface area contributed by atoms with Crippen molar-refractivity contribution >= 4 is 35.7 Å². The highest BCUT2D eigenvalue weighted by molar-refractivity contribution is 8.00. The number of amides is 4. The Morgan fingerprint density at radius 1 is 0.971 bits per heavy atom. The Morgan fingerprint density at radius 2 is 1.68 bits per heavy atom. The third-order valence-corrected chi connectivity index (χ3v) is 7.94. The van der Waals surface area contributed by atoms with Crippen LogP contribution in [0.1, 0.15) is 62.5 Å². The molecule has 3 atom stereocenters. The van der Waals surface area contributed by atoms with Crippen LogP contribution in [0.3, 0.4) is 0 Å². The van der Waals surface area contributed by atoms with Crippen molar-refractivity contribution in [1.82, 2.24) is 21.3 Å². The fourth-order valence-electron chi connectivity index (χ4n) is 4.43. The van der Waals surface area contributed by atoms with Gasteiger partial charge < -0.3 is 21.3 Å². The van der Waals surface area contributed by atoms with Crippen molar-refractivity contribution in [3.05, 3.63) is 42.0 Å². The smallest absolute Gasteiger partial charge is 0.315 e. The standard InChI is InChI=1S/C26H38N4O3S/c1-2-19-11-13-20(14-12-19)15-17-28-24(32)9-4-3-7-16-27-23(31)10-6-5-8-22-25-21(18-34-22)29-26(33)30-25/h2,11-14,21-22,25H,1,3-10,15-18H2,(H,27,31)(H,28,32)(H2,29,30,33)/t21-,22-,25-/m0/s1. The normalized spacial score (nSPS) is 20.8. The zero-order chi connectivity index (χ0) is 24.2. The summed E-state index contributed by atoms with van der Waals surface area (Å²) in [6, 6.07) is 8.64. The van der Waals surface area contributed by atoms with Crippen LogP contribution in [-0.4, -0.2) is 54.0 Å². The summed E-state index contributed by atoms with van der Waals surface area (Å²) in [4.78, 5) is 35.4. The fourth-order valence-corrected chi connectivity index (χ4v) is 5.98. The third kappa shape index (κ3) is 8.70. The highest BCUT2D eigenvalue weighted by atomic mass is 32.2. The lowest BCUT2D eigenvalue weighted by atomic mass is 10.0. The van der Waals surface area contributed by atoms with E-state index in [-0.39, 0.29) is 29.9 Å². The molecule has 0 saturated carbocycles. The Hall–Kier alpha value is -2.48. The number of nitrogens with one attached hydrogen (secondary N) is 4. The van der Waals surface area contributed by atoms with E-state index in [4.69, 9.17) is 0 Å². The highest BCUT2D eigenvalue weighted by Crippen LogP contribution is 2.33. The Kier molecular flexibility index (Phi) is 10.8. The van der Waals surface area contributed by atoms with Crippen molar-refractivity contribution in [1.29, 1.82) is 0 Å². The molecule has 2 fully saturated rings. The number of unbranched alkanes of at least 4 members (excludes halogenated alkanes) is 3. The summed E-state index contributed by atoms with van der Waals surface area (Å²) in [5.41, 5.74) is 2.30. The van der Waals surface area contributed by atoms with E-state index < -0.39 is 0 Å². The first-order valence-electron chi connectivity index (χ1n) is 12.5. The zero-order valence-electron chi connectivity index (χ0n) is 19.9. The van der Waals surface area contributed by atoms with E-state index >= 15 is 0 Å². The number of carbonyl (C=O) groups is 3. The molecule has 1 aromatic rings. The average Bonchev–Trinajstić information content (AvgIpc) is 3.38. The third-order valence-electron chi connectivity index (χ3n) is 6.43. The first-order valence-corrected chi connectivity index (χ1v) is 13.5. The van der Waals surface area contributed by atoms with Gasteiger partial charge >= 0.3 is 6.03 Å². The van der Waals surface area contributed by atoms with Crippen molar-refractivity contribution in [2.24, 2.45) is 0 Å². The van der Waals surface area contributed by atoms with Gasteiger partial charge in [0.1, 0.15) is 0 Å². The summed E-state index contributed by atoms with van der Waals surface area (Å²) in [5.74, 6) is 1.17. The molecule has 8 heteroatoms. The van der Waals surface area contributed by atoms with Crippen molar-refractivity contribution in [3.63, 3.8) is 0 Å². The number of rotatable bonds is 15. The van der Waals surface area contributed by atoms with Crippen molar-refractivity contribution in [2.75, 3.05) is 18.8 Å². The average molecular weight is 487 g/mol. The van der Waals surface area contributed by atoms with Crippen LogP contribution in [0.25, 0.3) is 6.08 Å². The molecule has 0 unspecified atom stereocenters. The van der Waals surface area contributed by atoms with E-state index in [0.29, 0.717) is 31.2 Å². The lowest BCUT2D eigenvalue weighted by molar-refractivity contribution is -0.122. The van der Waals surface area contributed by atoms with Gasteiger partial charge in [-0.15, -0.1) is 0 Å². The predicted molar refractivity (Wildman–Crippen MR) is 139 cm³/mol. The number of carbonyl (C=O) groups excluding carboxylic acids is 3. The van der Waals surface area contributed by atoms with E-state index in [1.54, 1.807) is 0 Å². The van der Waals surface area contributed by atoms with Gasteiger partial charge in [0.05, 0.1) is 12.1 Å². The summed E-state index contributed by atoms with van der Waals surface area (Å²) >= 11 is 1.91. The first kappa shape index (κ1) is 26.1. The van der Waals surface area contributed by atoms with Gasteiger partial charge in [-0.05, 0) is 43.2 Å². The van der Waals surface area contributed by atoms with Gasteiger partial charge in [-0.3, -0.25) is 9.59 Å². The molecule has 2 aliphatic rings. The van der Waals surface area contributed by atoms with Crippen LogP contribution in [0.5, 0.6) is 0 Å². The molecule has 34 heavy (non-hydrogen) atoms. The monoisotopic (exact) mass is 486 g/mol. The maximum atomic E-state index is 12.0. The first-order chi connectivity index (χ1) is 16.5. The Balaban J connectivity index is 1.12. The van der Waals surface area contributed by atoms with Crippen molar-refractivity contribution in [2.45, 2.75) is 75.1 Å². The number of fused-ring (bicyclic) bond motifs is 1. The molecule has 4 amide bonds. The summed E-state index contributed by atoms with van der Waals surface area (Å²) in [5, 5.41) is 12.4. The van der Waals surface area contributed by atoms with Gasteiger partial charge in [-0.1, -0.05) is 49.8 Å². The Labute approximate surface area is 207 Å². The van der Waals surface area contributed by atoms with Crippen LogP contribution in [0.15, 0.2) is 30.8 Å². The topological polar surface area (TPSA) is 99.3 Å². The second kappa shape index (κ2) is 14.0. The van der Waals surface area contributed by atoms with Gasteiger partial charge in [0.25, 0.3) is 0 Å². The molecule has 0 radical (unpaired) electrons. The lowest BCUT2D eigenvalue weighted by Gasteiger charge is -2.16. The molecule has 0 aromatic heterocycles. The van der Waals surface area contributed by atoms with Crippen molar-refractivity contribution < 1.29 is 14.4 Å². The minimum atomic E-state index is -0.0499. The SMILES string of the molecule is C=Cc1ccc(CCNC(=O)CCCCCNC(=O)CCCC[C@@H]2SC[C@@H]3NC(=O)N[C@@H]32)cc1. The molecule has 0 bridgehead atoms. The maximum absolute atomic E-state index is 12.0. The molecule has 1 aromatic carbocycles. The summed E-state index contributed by atoms with van der Waals surface area (Å²) < 4.78 is 0. The van der Waals surface area contributed by atoms with Gasteiger partial charge in [0, 0.05) is 36.9 Å². The summed E-state index contributed by atoms with van der Waals surface area (Å²) in [7, 11) is 0. The zero-order valence-corrected chi connectivity index (χ0v) is 20.8. The van der Waals surface area contributed by atoms with E-state index in [2.05, 4.69) is 40.0 Å². The van der Waals surface area contributed by atoms with Gasteiger partial charge in [-0.2, -0.15) is 11.8 Å². The number of benzene rings is 1. The highest BCUT2D eigenvalue weighted by Gasteiger charge is 2.42. The number of hydrogen-bond acceptors (Lipinski definition) is 4. The second-order valence-electron chi connectivity index (χ2n) is 9.07. The minimum absolute atomic E-state index is 0.0499. The molecule has 186 valence electrons. The van der Waals surface area contributed by atoms with Crippen LogP contribution in [0.2, 0.25) is 0 Å². The summed E-state index contributed by atoms with van der Waals surface area (Å²) in [6.45, 7) is 5.06. The molecule has 2 aliphatic heterocycles. The number of urea groups is 1. The fraction of sp³-hybridized carbons (Fsp3) is 0.577. The van der Waals surface area contributed by atoms with Gasteiger partial charge in [-0.25, -0.2) is 4.79 Å². The molecule has 0 spiro atoms. The van der Waals surface area contributed by atoms with E-state index in [0.717, 1.165) is 56.3 Å². The van der Waals surface area contributed by atoms with Crippen LogP contribution < -0.4 is 21.3 Å². The largest absolute Gasteiger partial charge is 0.356 e. The van der Waals surface area contributed by atoms with Crippen LogP contribution in [0.4, 0.5) is 4.79 Å². The molecule has 7 nitrogen and oxygen atoms in total. The quantitative estimate of drug-likeness (QED) is 0.226. The molecule has 3 rings (SSSR count). The molecule has 2 saturated heterocycles. The maximum Gasteiger partial charge on any atom is 0.315 e. The minimum Gasteiger partial charge on any atom is -0.356 e. The lowest BCUT2D eigenvalue weighted by Crippen LogP contribution is -2.36. The predicted octanol–water partition coefficient (Wildman–Crippen LogP) is 3.39. The molecular formula is C26H38N4O3S. The molecule has 4 N–H and O–H groups in total. The van der Waals surface area contributed by atoms with Crippen LogP contribution >= 0.6 is 11.8 Å². The molecule has 2 heterocycles.